The van der Waals surface area contributed by atoms with Crippen LogP contribution in [0.3, 0.4) is 0 Å². The number of ether oxygens (including phenoxy) is 2. The van der Waals surface area contributed by atoms with Crippen molar-refractivity contribution in [2.24, 2.45) is 0 Å². The van der Waals surface area contributed by atoms with Crippen LogP contribution in [0.15, 0.2) is 40.8 Å². The highest BCUT2D eigenvalue weighted by atomic mass is 35.5. The first-order valence-corrected chi connectivity index (χ1v) is 8.92. The molecule has 4 atom stereocenters. The number of hydrogen-bond acceptors (Lipinski definition) is 9. The minimum atomic E-state index is -1.48. The molecule has 4 rings (SSSR count). The summed E-state index contributed by atoms with van der Waals surface area (Å²) in [6, 6.07) is 7.57. The van der Waals surface area contributed by atoms with Crippen LogP contribution in [0.25, 0.3) is 22.3 Å². The lowest BCUT2D eigenvalue weighted by molar-refractivity contribution is -0.116. The van der Waals surface area contributed by atoms with E-state index in [1.165, 1.54) is 30.3 Å². The van der Waals surface area contributed by atoms with Crippen molar-refractivity contribution in [1.82, 2.24) is 0 Å². The lowest BCUT2D eigenvalue weighted by atomic mass is 10.1. The fourth-order valence-electron chi connectivity index (χ4n) is 3.23. The van der Waals surface area contributed by atoms with Crippen molar-refractivity contribution in [3.8, 4) is 40.1 Å². The quantitative estimate of drug-likeness (QED) is 0.173. The molecule has 1 fully saturated rings. The first kappa shape index (κ1) is 22.7. The van der Waals surface area contributed by atoms with Crippen LogP contribution in [0.1, 0.15) is 0 Å². The van der Waals surface area contributed by atoms with Crippen LogP contribution in [0.2, 0.25) is 0 Å². The number of halogens is 1. The van der Waals surface area contributed by atoms with E-state index in [0.29, 0.717) is 0 Å². The molecule has 0 amide bonds. The Morgan fingerprint density at radius 3 is 2.29 bits per heavy atom. The van der Waals surface area contributed by atoms with Gasteiger partial charge in [0.2, 0.25) is 12.0 Å². The molecule has 1 aliphatic rings. The van der Waals surface area contributed by atoms with E-state index in [1.807, 2.05) is 0 Å². The summed E-state index contributed by atoms with van der Waals surface area (Å²) >= 11 is 0. The molecule has 0 aliphatic carbocycles. The lowest BCUT2D eigenvalue weighted by Gasteiger charge is -2.16. The molecule has 1 aromatic heterocycles. The molecule has 0 radical (unpaired) electrons. The maximum atomic E-state index is 10.2. The van der Waals surface area contributed by atoms with E-state index in [4.69, 9.17) is 13.9 Å². The van der Waals surface area contributed by atoms with Gasteiger partial charge in [0.05, 0.1) is 18.2 Å². The van der Waals surface area contributed by atoms with Gasteiger partial charge in [0.15, 0.2) is 11.5 Å². The van der Waals surface area contributed by atoms with Gasteiger partial charge in [-0.3, -0.25) is 0 Å². The molecule has 166 valence electrons. The summed E-state index contributed by atoms with van der Waals surface area (Å²) in [6.45, 7) is -0.543. The van der Waals surface area contributed by atoms with Gasteiger partial charge in [-0.1, -0.05) is 0 Å². The molecule has 1 unspecified atom stereocenters. The van der Waals surface area contributed by atoms with E-state index < -0.39 is 37.0 Å². The van der Waals surface area contributed by atoms with Gasteiger partial charge in [0.1, 0.15) is 35.2 Å². The molecule has 2 heterocycles. The summed E-state index contributed by atoms with van der Waals surface area (Å²) in [6.07, 6.45) is -5.29. The second-order valence-corrected chi connectivity index (χ2v) is 6.84. The van der Waals surface area contributed by atoms with E-state index in [1.54, 1.807) is 0 Å². The van der Waals surface area contributed by atoms with Gasteiger partial charge in [-0.05, 0) is 12.1 Å². The molecule has 0 spiro atoms. The minimum absolute atomic E-state index is 0. The van der Waals surface area contributed by atoms with Crippen LogP contribution in [-0.4, -0.2) is 67.0 Å². The van der Waals surface area contributed by atoms with Crippen molar-refractivity contribution >= 4 is 11.0 Å². The third-order valence-corrected chi connectivity index (χ3v) is 4.80. The summed E-state index contributed by atoms with van der Waals surface area (Å²) in [5.74, 6) is -1.37. The zero-order valence-electron chi connectivity index (χ0n) is 15.7. The van der Waals surface area contributed by atoms with Gasteiger partial charge in [0, 0.05) is 18.2 Å². The second kappa shape index (κ2) is 8.61. The highest BCUT2D eigenvalue weighted by Crippen LogP contribution is 2.42. The van der Waals surface area contributed by atoms with E-state index in [-0.39, 0.29) is 57.7 Å². The number of aromatic hydroxyl groups is 4. The summed E-state index contributed by atoms with van der Waals surface area (Å²) in [5, 5.41) is 68.8. The maximum Gasteiger partial charge on any atom is 0.402 e. The molecular weight excluding hydrogens is 436 g/mol. The molecule has 31 heavy (non-hydrogen) atoms. The number of phenols is 4. The molecule has 7 N–H and O–H groups in total. The molecule has 10 nitrogen and oxygen atoms in total. The van der Waals surface area contributed by atoms with E-state index in [9.17, 15) is 35.7 Å². The smallest absolute Gasteiger partial charge is 0.402 e. The number of phenolic OH excluding ortho intramolecular Hbond substituents is 4. The maximum absolute atomic E-state index is 10.2. The first-order chi connectivity index (χ1) is 14.3. The Morgan fingerprint density at radius 2 is 1.65 bits per heavy atom. The molecule has 1 aliphatic heterocycles. The van der Waals surface area contributed by atoms with Crippen molar-refractivity contribution in [1.29, 1.82) is 0 Å². The standard InChI is InChI=1S/C20H18O10.ClH/c21-7-16-17(26)18(27)20(30-16)29-15-6-10-12(24)4-9(22)5-14(10)28-19(15)8-1-2-11(23)13(25)3-8;/h1-6,16-18,20-21,26-27H,7H2,(H3-,22,23,24,25);1H/t16-,17-,18+,20?;/m1./s1. The zero-order valence-corrected chi connectivity index (χ0v) is 16.5. The van der Waals surface area contributed by atoms with Crippen molar-refractivity contribution in [2.75, 3.05) is 6.61 Å². The number of benzene rings is 2. The van der Waals surface area contributed by atoms with Gasteiger partial charge in [-0.2, -0.15) is 0 Å². The lowest BCUT2D eigenvalue weighted by Crippen LogP contribution is -3.00. The minimum Gasteiger partial charge on any atom is -1.00 e. The summed E-state index contributed by atoms with van der Waals surface area (Å²) in [5.41, 5.74) is 0.348. The monoisotopic (exact) mass is 454 g/mol. The van der Waals surface area contributed by atoms with Crippen LogP contribution < -0.4 is 17.1 Å². The summed E-state index contributed by atoms with van der Waals surface area (Å²) in [7, 11) is 0. The Morgan fingerprint density at radius 1 is 0.903 bits per heavy atom. The number of fused-ring (bicyclic) bond motifs is 1. The molecule has 0 bridgehead atoms. The number of aliphatic hydroxyl groups is 3. The highest BCUT2D eigenvalue weighted by molar-refractivity contribution is 5.88. The average Bonchev–Trinajstić information content (AvgIpc) is 2.98. The van der Waals surface area contributed by atoms with Crippen LogP contribution in [0.5, 0.6) is 28.7 Å². The predicted octanol–water partition coefficient (Wildman–Crippen LogP) is -1.97. The molecule has 1 saturated heterocycles. The average molecular weight is 455 g/mol. The Kier molecular flexibility index (Phi) is 6.30. The van der Waals surface area contributed by atoms with Gasteiger partial charge >= 0.3 is 11.3 Å². The molecule has 0 saturated carbocycles. The number of hydrogen-bond donors (Lipinski definition) is 7. The third-order valence-electron chi connectivity index (χ3n) is 4.80. The first-order valence-electron chi connectivity index (χ1n) is 8.92. The molecule has 11 heteroatoms. The van der Waals surface area contributed by atoms with Crippen LogP contribution >= 0.6 is 0 Å². The van der Waals surface area contributed by atoms with E-state index >= 15 is 0 Å². The Hall–Kier alpha value is -3.02. The fraction of sp³-hybridized carbons (Fsp3) is 0.250. The molecule has 3 aromatic rings. The third kappa shape index (κ3) is 4.11. The normalized spacial score (nSPS) is 22.9. The highest BCUT2D eigenvalue weighted by Gasteiger charge is 2.45. The Labute approximate surface area is 181 Å². The predicted molar refractivity (Wildman–Crippen MR) is 101 cm³/mol. The number of aliphatic hydroxyl groups excluding tert-OH is 3. The van der Waals surface area contributed by atoms with Gasteiger partial charge < -0.3 is 57.6 Å². The fourth-order valence-corrected chi connectivity index (χ4v) is 3.23. The van der Waals surface area contributed by atoms with Crippen molar-refractivity contribution in [3.63, 3.8) is 0 Å². The Bertz CT molecular complexity index is 1110. The van der Waals surface area contributed by atoms with Gasteiger partial charge in [0.25, 0.3) is 0 Å². The van der Waals surface area contributed by atoms with Crippen LogP contribution in [-0.2, 0) is 4.74 Å². The van der Waals surface area contributed by atoms with Crippen LogP contribution in [0.4, 0.5) is 0 Å². The van der Waals surface area contributed by atoms with Gasteiger partial charge in [-0.15, -0.1) is 0 Å². The molecule has 2 aromatic carbocycles. The Balaban J connectivity index is 0.00000272. The topological polar surface area (TPSA) is 171 Å². The van der Waals surface area contributed by atoms with Crippen molar-refractivity contribution in [2.45, 2.75) is 24.6 Å². The molecular formula is C20H19ClO10. The summed E-state index contributed by atoms with van der Waals surface area (Å²) in [4.78, 5) is 0. The number of rotatable bonds is 4. The van der Waals surface area contributed by atoms with E-state index in [2.05, 4.69) is 0 Å². The zero-order chi connectivity index (χ0) is 21.6. The van der Waals surface area contributed by atoms with Crippen molar-refractivity contribution in [3.05, 3.63) is 36.4 Å². The second-order valence-electron chi connectivity index (χ2n) is 6.84. The van der Waals surface area contributed by atoms with Crippen molar-refractivity contribution < 1.29 is 62.0 Å². The van der Waals surface area contributed by atoms with E-state index in [0.717, 1.165) is 6.07 Å². The van der Waals surface area contributed by atoms with Crippen LogP contribution in [0, 0.1) is 0 Å². The summed E-state index contributed by atoms with van der Waals surface area (Å²) < 4.78 is 16.8. The SMILES string of the molecule is OC[C@H]1OC(Oc2cc3c(O)cc(O)cc3[o+]c2-c2ccc(O)c(O)c2)[C@@H](O)[C@@H]1O.[Cl-]. The van der Waals surface area contributed by atoms with Gasteiger partial charge in [-0.25, -0.2) is 4.42 Å². The largest absolute Gasteiger partial charge is 1.00 e.